The molecule has 0 radical (unpaired) electrons. The van der Waals surface area contributed by atoms with Gasteiger partial charge in [-0.25, -0.2) is 0 Å². The third kappa shape index (κ3) is 8.01. The van der Waals surface area contributed by atoms with Crippen molar-refractivity contribution in [2.75, 3.05) is 54.6 Å². The van der Waals surface area contributed by atoms with Gasteiger partial charge in [0.25, 0.3) is 0 Å². The number of methoxy groups -OCH3 is 2. The average Bonchev–Trinajstić information content (AvgIpc) is 2.24. The molecule has 0 aromatic carbocycles. The molecule has 16 heavy (non-hydrogen) atoms. The Morgan fingerprint density at radius 1 is 1.12 bits per heavy atom. The molecule has 0 aromatic rings. The van der Waals surface area contributed by atoms with Crippen LogP contribution < -0.4 is 5.32 Å². The van der Waals surface area contributed by atoms with Crippen molar-refractivity contribution in [3.63, 3.8) is 0 Å². The lowest BCUT2D eigenvalue weighted by atomic mass is 10.3. The molecule has 0 bridgehead atoms. The van der Waals surface area contributed by atoms with E-state index >= 15 is 0 Å². The van der Waals surface area contributed by atoms with Gasteiger partial charge in [0.05, 0.1) is 19.3 Å². The molecule has 0 aliphatic carbocycles. The lowest BCUT2D eigenvalue weighted by molar-refractivity contribution is -0.119. The van der Waals surface area contributed by atoms with Crippen LogP contribution in [0.4, 0.5) is 0 Å². The molecule has 0 aromatic heterocycles. The summed E-state index contributed by atoms with van der Waals surface area (Å²) in [6.45, 7) is 5.25. The molecule has 98 valence electrons. The van der Waals surface area contributed by atoms with Gasteiger partial charge >= 0.3 is 0 Å². The first-order valence-corrected chi connectivity index (χ1v) is 5.63. The molecule has 0 saturated heterocycles. The van der Waals surface area contributed by atoms with Gasteiger partial charge in [-0.2, -0.15) is 0 Å². The highest BCUT2D eigenvalue weighted by Crippen LogP contribution is 1.97. The number of rotatable bonds is 10. The number of nitrogens with zero attached hydrogens (tertiary/aromatic N) is 1. The van der Waals surface area contributed by atoms with Crippen LogP contribution in [0.15, 0.2) is 0 Å². The van der Waals surface area contributed by atoms with Crippen molar-refractivity contribution in [1.82, 2.24) is 10.2 Å². The Kier molecular flexibility index (Phi) is 9.86. The standard InChI is InChI=1S/C11H26N2O3/c1-10(11(14-4)15-5)12-6-8-16-9-7-13(2)3/h10-12H,6-9H2,1-5H3. The summed E-state index contributed by atoms with van der Waals surface area (Å²) in [6.07, 6.45) is -0.207. The van der Waals surface area contributed by atoms with Crippen molar-refractivity contribution in [2.24, 2.45) is 0 Å². The van der Waals surface area contributed by atoms with Gasteiger partial charge in [0.1, 0.15) is 0 Å². The second kappa shape index (κ2) is 9.99. The molecular formula is C11H26N2O3. The second-order valence-corrected chi connectivity index (χ2v) is 4.00. The lowest BCUT2D eigenvalue weighted by Crippen LogP contribution is -2.41. The Balaban J connectivity index is 3.36. The summed E-state index contributed by atoms with van der Waals surface area (Å²) >= 11 is 0. The molecule has 0 amide bonds. The molecular weight excluding hydrogens is 208 g/mol. The van der Waals surface area contributed by atoms with Crippen LogP contribution in [0, 0.1) is 0 Å². The van der Waals surface area contributed by atoms with Gasteiger partial charge in [0.2, 0.25) is 0 Å². The fraction of sp³-hybridized carbons (Fsp3) is 1.00. The molecule has 5 nitrogen and oxygen atoms in total. The van der Waals surface area contributed by atoms with E-state index in [4.69, 9.17) is 14.2 Å². The van der Waals surface area contributed by atoms with E-state index < -0.39 is 0 Å². The Morgan fingerprint density at radius 3 is 2.25 bits per heavy atom. The summed E-state index contributed by atoms with van der Waals surface area (Å²) in [5.41, 5.74) is 0. The van der Waals surface area contributed by atoms with E-state index in [2.05, 4.69) is 10.2 Å². The predicted molar refractivity (Wildman–Crippen MR) is 64.6 cm³/mol. The Labute approximate surface area is 99.0 Å². The zero-order valence-corrected chi connectivity index (χ0v) is 11.2. The Hall–Kier alpha value is -0.200. The van der Waals surface area contributed by atoms with Crippen LogP contribution in [0.25, 0.3) is 0 Å². The van der Waals surface area contributed by atoms with Gasteiger partial charge in [0.15, 0.2) is 6.29 Å². The van der Waals surface area contributed by atoms with Crippen molar-refractivity contribution in [3.8, 4) is 0 Å². The molecule has 0 spiro atoms. The largest absolute Gasteiger partial charge is 0.379 e. The number of ether oxygens (including phenoxy) is 3. The van der Waals surface area contributed by atoms with Gasteiger partial charge in [-0.15, -0.1) is 0 Å². The van der Waals surface area contributed by atoms with Crippen LogP contribution in [0.5, 0.6) is 0 Å². The average molecular weight is 234 g/mol. The van der Waals surface area contributed by atoms with Gasteiger partial charge in [0, 0.05) is 27.3 Å². The van der Waals surface area contributed by atoms with Gasteiger partial charge in [-0.05, 0) is 21.0 Å². The maximum atomic E-state index is 5.46. The first-order valence-electron chi connectivity index (χ1n) is 5.63. The third-order valence-corrected chi connectivity index (χ3v) is 2.27. The van der Waals surface area contributed by atoms with Crippen molar-refractivity contribution >= 4 is 0 Å². The van der Waals surface area contributed by atoms with E-state index in [-0.39, 0.29) is 12.3 Å². The molecule has 0 rings (SSSR count). The second-order valence-electron chi connectivity index (χ2n) is 4.00. The van der Waals surface area contributed by atoms with Crippen LogP contribution >= 0.6 is 0 Å². The fourth-order valence-electron chi connectivity index (χ4n) is 1.31. The summed E-state index contributed by atoms with van der Waals surface area (Å²) in [5, 5.41) is 3.28. The maximum absolute atomic E-state index is 5.46. The quantitative estimate of drug-likeness (QED) is 0.431. The molecule has 0 aliphatic heterocycles. The van der Waals surface area contributed by atoms with Crippen LogP contribution in [0.3, 0.4) is 0 Å². The summed E-state index contributed by atoms with van der Waals surface area (Å²) in [7, 11) is 7.34. The zero-order valence-electron chi connectivity index (χ0n) is 11.2. The van der Waals surface area contributed by atoms with Crippen LogP contribution in [-0.2, 0) is 14.2 Å². The SMILES string of the molecule is COC(OC)C(C)NCCOCCN(C)C. The smallest absolute Gasteiger partial charge is 0.171 e. The van der Waals surface area contributed by atoms with Crippen molar-refractivity contribution < 1.29 is 14.2 Å². The maximum Gasteiger partial charge on any atom is 0.171 e. The Morgan fingerprint density at radius 2 is 1.75 bits per heavy atom. The van der Waals surface area contributed by atoms with Crippen LogP contribution in [-0.4, -0.2) is 71.8 Å². The first-order chi connectivity index (χ1) is 7.61. The first kappa shape index (κ1) is 15.8. The third-order valence-electron chi connectivity index (χ3n) is 2.27. The minimum atomic E-state index is -0.207. The van der Waals surface area contributed by atoms with Crippen LogP contribution in [0.1, 0.15) is 6.92 Å². The minimum Gasteiger partial charge on any atom is -0.379 e. The number of hydrogen-bond acceptors (Lipinski definition) is 5. The highest BCUT2D eigenvalue weighted by molar-refractivity contribution is 4.63. The highest BCUT2D eigenvalue weighted by Gasteiger charge is 2.14. The summed E-state index contributed by atoms with van der Waals surface area (Å²) in [5.74, 6) is 0. The van der Waals surface area contributed by atoms with Crippen molar-refractivity contribution in [3.05, 3.63) is 0 Å². The van der Waals surface area contributed by atoms with Gasteiger partial charge in [-0.1, -0.05) is 0 Å². The molecule has 1 atom stereocenters. The fourth-order valence-corrected chi connectivity index (χ4v) is 1.31. The predicted octanol–water partition coefficient (Wildman–Crippen LogP) is 0.162. The normalized spacial score (nSPS) is 13.7. The van der Waals surface area contributed by atoms with E-state index in [9.17, 15) is 0 Å². The molecule has 0 aliphatic rings. The van der Waals surface area contributed by atoms with E-state index in [0.29, 0.717) is 6.61 Å². The monoisotopic (exact) mass is 234 g/mol. The topological polar surface area (TPSA) is 43.0 Å². The molecule has 0 saturated carbocycles. The van der Waals surface area contributed by atoms with Crippen molar-refractivity contribution in [2.45, 2.75) is 19.3 Å². The molecule has 0 fully saturated rings. The number of hydrogen-bond donors (Lipinski definition) is 1. The van der Waals surface area contributed by atoms with E-state index in [0.717, 1.165) is 19.7 Å². The summed E-state index contributed by atoms with van der Waals surface area (Å²) in [6, 6.07) is 0.160. The highest BCUT2D eigenvalue weighted by atomic mass is 16.7. The lowest BCUT2D eigenvalue weighted by Gasteiger charge is -2.22. The zero-order chi connectivity index (χ0) is 12.4. The van der Waals surface area contributed by atoms with E-state index in [1.165, 1.54) is 0 Å². The molecule has 1 N–H and O–H groups in total. The molecule has 0 heterocycles. The Bertz CT molecular complexity index is 152. The van der Waals surface area contributed by atoms with Gasteiger partial charge in [-0.3, -0.25) is 0 Å². The summed E-state index contributed by atoms with van der Waals surface area (Å²) in [4.78, 5) is 2.10. The van der Waals surface area contributed by atoms with Crippen LogP contribution in [0.2, 0.25) is 0 Å². The van der Waals surface area contributed by atoms with E-state index in [1.807, 2.05) is 21.0 Å². The van der Waals surface area contributed by atoms with Crippen molar-refractivity contribution in [1.29, 1.82) is 0 Å². The van der Waals surface area contributed by atoms with Gasteiger partial charge < -0.3 is 24.4 Å². The molecule has 1 unspecified atom stereocenters. The molecule has 5 heteroatoms. The number of nitrogens with one attached hydrogen (secondary N) is 1. The number of likely N-dealkylation sites (N-methyl/N-ethyl adjacent to an activating group) is 1. The minimum absolute atomic E-state index is 0.160. The van der Waals surface area contributed by atoms with E-state index in [1.54, 1.807) is 14.2 Å². The summed E-state index contributed by atoms with van der Waals surface area (Å²) < 4.78 is 15.7.